The fourth-order valence-corrected chi connectivity index (χ4v) is 1.67. The van der Waals surface area contributed by atoms with Gasteiger partial charge in [0.2, 0.25) is 5.91 Å². The molecule has 86 valence electrons. The van der Waals surface area contributed by atoms with Gasteiger partial charge in [-0.15, -0.1) is 0 Å². The van der Waals surface area contributed by atoms with Crippen LogP contribution in [0.4, 0.5) is 0 Å². The second kappa shape index (κ2) is 10.6. The predicted molar refractivity (Wildman–Crippen MR) is 63.4 cm³/mol. The van der Waals surface area contributed by atoms with Crippen LogP contribution in [0.15, 0.2) is 0 Å². The van der Waals surface area contributed by atoms with Crippen LogP contribution in [0.25, 0.3) is 0 Å². The van der Waals surface area contributed by atoms with Gasteiger partial charge in [-0.3, -0.25) is 4.79 Å². The molecule has 1 heterocycles. The zero-order valence-electron chi connectivity index (χ0n) is 10.8. The number of amides is 1. The van der Waals surface area contributed by atoms with Crippen molar-refractivity contribution in [2.24, 2.45) is 0 Å². The van der Waals surface area contributed by atoms with E-state index < -0.39 is 0 Å². The first-order chi connectivity index (χ1) is 6.75. The highest BCUT2D eigenvalue weighted by Crippen LogP contribution is 2.19. The lowest BCUT2D eigenvalue weighted by Crippen LogP contribution is -2.32. The molecule has 0 spiro atoms. The van der Waals surface area contributed by atoms with E-state index in [1.54, 1.807) is 6.92 Å². The van der Waals surface area contributed by atoms with Gasteiger partial charge in [-0.1, -0.05) is 34.6 Å². The summed E-state index contributed by atoms with van der Waals surface area (Å²) >= 11 is 0. The highest BCUT2D eigenvalue weighted by atomic mass is 16.2. The standard InChI is InChI=1S/C8H15NO.2C2H6/c1-3-8-5-4-6-9(8)7(2)10;2*1-2/h8H,3-6H2,1-2H3;2*1-2H3. The van der Waals surface area contributed by atoms with E-state index >= 15 is 0 Å². The van der Waals surface area contributed by atoms with E-state index in [1.807, 2.05) is 32.6 Å². The summed E-state index contributed by atoms with van der Waals surface area (Å²) in [7, 11) is 0. The molecule has 0 aromatic heterocycles. The van der Waals surface area contributed by atoms with E-state index in [4.69, 9.17) is 0 Å². The van der Waals surface area contributed by atoms with Crippen LogP contribution >= 0.6 is 0 Å². The first kappa shape index (κ1) is 15.9. The van der Waals surface area contributed by atoms with Gasteiger partial charge in [0.05, 0.1) is 0 Å². The largest absolute Gasteiger partial charge is 0.340 e. The van der Waals surface area contributed by atoms with E-state index in [-0.39, 0.29) is 5.91 Å². The molecule has 1 saturated heterocycles. The lowest BCUT2D eigenvalue weighted by Gasteiger charge is -2.21. The number of nitrogens with zero attached hydrogens (tertiary/aromatic N) is 1. The van der Waals surface area contributed by atoms with Crippen LogP contribution in [0.2, 0.25) is 0 Å². The molecule has 0 N–H and O–H groups in total. The lowest BCUT2D eigenvalue weighted by molar-refractivity contribution is -0.129. The summed E-state index contributed by atoms with van der Waals surface area (Å²) in [5, 5.41) is 0. The fourth-order valence-electron chi connectivity index (χ4n) is 1.67. The fraction of sp³-hybridized carbons (Fsp3) is 0.917. The Kier molecular flexibility index (Phi) is 12.0. The summed E-state index contributed by atoms with van der Waals surface area (Å²) in [5.74, 6) is 0.240. The minimum absolute atomic E-state index is 0.240. The van der Waals surface area contributed by atoms with Crippen molar-refractivity contribution >= 4 is 5.91 Å². The number of rotatable bonds is 1. The van der Waals surface area contributed by atoms with Crippen LogP contribution in [0.5, 0.6) is 0 Å². The van der Waals surface area contributed by atoms with Gasteiger partial charge < -0.3 is 4.90 Å². The third-order valence-electron chi connectivity index (χ3n) is 2.25. The van der Waals surface area contributed by atoms with Crippen LogP contribution in [-0.4, -0.2) is 23.4 Å². The third kappa shape index (κ3) is 5.25. The van der Waals surface area contributed by atoms with Crippen LogP contribution in [0.1, 0.15) is 60.8 Å². The summed E-state index contributed by atoms with van der Waals surface area (Å²) in [6, 6.07) is 0.539. The molecule has 1 unspecified atom stereocenters. The average Bonchev–Trinajstić information content (AvgIpc) is 2.71. The second-order valence-electron chi connectivity index (χ2n) is 2.92. The summed E-state index contributed by atoms with van der Waals surface area (Å²) in [6.07, 6.45) is 3.51. The average molecular weight is 201 g/mol. The number of likely N-dealkylation sites (tertiary alicyclic amines) is 1. The molecular weight excluding hydrogens is 174 g/mol. The maximum Gasteiger partial charge on any atom is 0.219 e. The van der Waals surface area contributed by atoms with Gasteiger partial charge in [0.15, 0.2) is 0 Å². The minimum Gasteiger partial charge on any atom is -0.340 e. The van der Waals surface area contributed by atoms with Crippen molar-refractivity contribution in [3.63, 3.8) is 0 Å². The molecule has 1 aliphatic heterocycles. The molecule has 0 radical (unpaired) electrons. The van der Waals surface area contributed by atoms with Crippen molar-refractivity contribution in [3.8, 4) is 0 Å². The number of hydrogen-bond donors (Lipinski definition) is 0. The maximum absolute atomic E-state index is 10.9. The molecular formula is C12H27NO. The van der Waals surface area contributed by atoms with Crippen LogP contribution in [-0.2, 0) is 4.79 Å². The normalized spacial score (nSPS) is 19.0. The Labute approximate surface area is 89.7 Å². The number of carbonyl (C=O) groups excluding carboxylic acids is 1. The molecule has 0 aromatic rings. The Morgan fingerprint density at radius 1 is 1.29 bits per heavy atom. The van der Waals surface area contributed by atoms with E-state index in [9.17, 15) is 4.79 Å². The van der Waals surface area contributed by atoms with Gasteiger partial charge in [-0.05, 0) is 19.3 Å². The number of carbonyl (C=O) groups is 1. The van der Waals surface area contributed by atoms with Crippen LogP contribution in [0.3, 0.4) is 0 Å². The summed E-state index contributed by atoms with van der Waals surface area (Å²) in [6.45, 7) is 12.8. The Hall–Kier alpha value is -0.530. The predicted octanol–water partition coefficient (Wildman–Crippen LogP) is 3.46. The van der Waals surface area contributed by atoms with Gasteiger partial charge >= 0.3 is 0 Å². The molecule has 1 atom stereocenters. The van der Waals surface area contributed by atoms with E-state index in [0.29, 0.717) is 6.04 Å². The van der Waals surface area contributed by atoms with Gasteiger partial charge in [-0.25, -0.2) is 0 Å². The van der Waals surface area contributed by atoms with Crippen molar-refractivity contribution in [1.29, 1.82) is 0 Å². The van der Waals surface area contributed by atoms with Crippen LogP contribution in [0, 0.1) is 0 Å². The Morgan fingerprint density at radius 2 is 1.79 bits per heavy atom. The highest BCUT2D eigenvalue weighted by molar-refractivity contribution is 5.73. The Bertz CT molecular complexity index is 134. The van der Waals surface area contributed by atoms with Crippen molar-refractivity contribution in [2.75, 3.05) is 6.54 Å². The molecule has 2 heteroatoms. The van der Waals surface area contributed by atoms with Crippen molar-refractivity contribution < 1.29 is 4.79 Å². The quantitative estimate of drug-likeness (QED) is 0.636. The molecule has 1 amide bonds. The SMILES string of the molecule is CC.CC.CCC1CCCN1C(C)=O. The summed E-state index contributed by atoms with van der Waals surface area (Å²) < 4.78 is 0. The van der Waals surface area contributed by atoms with Crippen LogP contribution < -0.4 is 0 Å². The highest BCUT2D eigenvalue weighted by Gasteiger charge is 2.24. The third-order valence-corrected chi connectivity index (χ3v) is 2.25. The monoisotopic (exact) mass is 201 g/mol. The van der Waals surface area contributed by atoms with Crippen molar-refractivity contribution in [1.82, 2.24) is 4.90 Å². The van der Waals surface area contributed by atoms with Crippen molar-refractivity contribution in [2.45, 2.75) is 66.8 Å². The second-order valence-corrected chi connectivity index (χ2v) is 2.92. The zero-order chi connectivity index (χ0) is 11.6. The smallest absolute Gasteiger partial charge is 0.219 e. The van der Waals surface area contributed by atoms with Gasteiger partial charge in [0, 0.05) is 19.5 Å². The van der Waals surface area contributed by atoms with Gasteiger partial charge in [0.1, 0.15) is 0 Å². The Balaban J connectivity index is 0. The molecule has 1 fully saturated rings. The van der Waals surface area contributed by atoms with E-state index in [0.717, 1.165) is 13.0 Å². The van der Waals surface area contributed by atoms with Gasteiger partial charge in [0.25, 0.3) is 0 Å². The molecule has 1 rings (SSSR count). The first-order valence-corrected chi connectivity index (χ1v) is 6.03. The molecule has 14 heavy (non-hydrogen) atoms. The minimum atomic E-state index is 0.240. The summed E-state index contributed by atoms with van der Waals surface area (Å²) in [4.78, 5) is 12.9. The molecule has 0 aromatic carbocycles. The van der Waals surface area contributed by atoms with E-state index in [1.165, 1.54) is 12.8 Å². The summed E-state index contributed by atoms with van der Waals surface area (Å²) in [5.41, 5.74) is 0. The zero-order valence-corrected chi connectivity index (χ0v) is 10.8. The topological polar surface area (TPSA) is 20.3 Å². The lowest BCUT2D eigenvalue weighted by atomic mass is 10.2. The number of hydrogen-bond acceptors (Lipinski definition) is 1. The van der Waals surface area contributed by atoms with Crippen molar-refractivity contribution in [3.05, 3.63) is 0 Å². The van der Waals surface area contributed by atoms with E-state index in [2.05, 4.69) is 6.92 Å². The molecule has 0 bridgehead atoms. The maximum atomic E-state index is 10.9. The molecule has 0 saturated carbocycles. The molecule has 2 nitrogen and oxygen atoms in total. The Morgan fingerprint density at radius 3 is 2.07 bits per heavy atom. The molecule has 1 aliphatic rings. The first-order valence-electron chi connectivity index (χ1n) is 6.03. The molecule has 0 aliphatic carbocycles. The van der Waals surface area contributed by atoms with Gasteiger partial charge in [-0.2, -0.15) is 0 Å².